The summed E-state index contributed by atoms with van der Waals surface area (Å²) in [6.07, 6.45) is 0.955. The molecule has 0 atom stereocenters. The van der Waals surface area contributed by atoms with E-state index in [-0.39, 0.29) is 6.10 Å². The fraction of sp³-hybridized carbons (Fsp3) is 0.375. The molecule has 0 unspecified atom stereocenters. The molecule has 0 saturated carbocycles. The largest absolute Gasteiger partial charge is 0.475 e. The van der Waals surface area contributed by atoms with Crippen molar-refractivity contribution in [2.45, 2.75) is 33.3 Å². The topological polar surface area (TPSA) is 47.0 Å². The first-order chi connectivity index (χ1) is 10.1. The average Bonchev–Trinajstić information content (AvgIpc) is 2.40. The molecule has 4 nitrogen and oxygen atoms in total. The van der Waals surface area contributed by atoms with Gasteiger partial charge in [0.05, 0.1) is 6.10 Å². The first-order valence-corrected chi connectivity index (χ1v) is 7.54. The number of halogens is 1. The van der Waals surface area contributed by atoms with E-state index in [1.165, 1.54) is 5.56 Å². The number of hydrogen-bond acceptors (Lipinski definition) is 4. The third-order valence-electron chi connectivity index (χ3n) is 2.78. The molecule has 0 radical (unpaired) electrons. The van der Waals surface area contributed by atoms with Crippen LogP contribution >= 0.6 is 11.6 Å². The second-order valence-corrected chi connectivity index (χ2v) is 5.48. The van der Waals surface area contributed by atoms with Gasteiger partial charge in [-0.25, -0.2) is 4.98 Å². The molecule has 112 valence electrons. The van der Waals surface area contributed by atoms with Gasteiger partial charge in [0.15, 0.2) is 0 Å². The Morgan fingerprint density at radius 1 is 1.19 bits per heavy atom. The predicted octanol–water partition coefficient (Wildman–Crippen LogP) is 4.10. The van der Waals surface area contributed by atoms with Crippen LogP contribution in [0.3, 0.4) is 0 Å². The number of nitrogens with one attached hydrogen (secondary N) is 1. The van der Waals surface area contributed by atoms with Crippen LogP contribution in [-0.2, 0) is 6.42 Å². The zero-order valence-electron chi connectivity index (χ0n) is 12.6. The van der Waals surface area contributed by atoms with Crippen molar-refractivity contribution in [3.63, 3.8) is 0 Å². The standard InChI is InChI=1S/C16H20ClN3O/c1-11(2)21-15-10-12(3)18-16(20-15)19-14-6-4-13(5-7-14)8-9-17/h4-7,10-11H,8-9H2,1-3H3,(H,18,19,20). The fourth-order valence-corrected chi connectivity index (χ4v) is 2.11. The smallest absolute Gasteiger partial charge is 0.230 e. The molecule has 0 spiro atoms. The molecule has 0 aliphatic heterocycles. The zero-order chi connectivity index (χ0) is 15.2. The average molecular weight is 306 g/mol. The summed E-state index contributed by atoms with van der Waals surface area (Å²) < 4.78 is 5.62. The molecule has 1 N–H and O–H groups in total. The lowest BCUT2D eigenvalue weighted by atomic mass is 10.1. The molecule has 1 heterocycles. The summed E-state index contributed by atoms with van der Waals surface area (Å²) in [4.78, 5) is 8.73. The van der Waals surface area contributed by atoms with Gasteiger partial charge < -0.3 is 10.1 Å². The molecule has 21 heavy (non-hydrogen) atoms. The van der Waals surface area contributed by atoms with Crippen LogP contribution < -0.4 is 10.1 Å². The number of alkyl halides is 1. The maximum atomic E-state index is 5.73. The number of benzene rings is 1. The van der Waals surface area contributed by atoms with E-state index in [1.54, 1.807) is 0 Å². The van der Waals surface area contributed by atoms with E-state index in [0.717, 1.165) is 17.8 Å². The Kier molecular flexibility index (Phi) is 5.39. The highest BCUT2D eigenvalue weighted by molar-refractivity contribution is 6.17. The SMILES string of the molecule is Cc1cc(OC(C)C)nc(Nc2ccc(CCCl)cc2)n1. The van der Waals surface area contributed by atoms with Crippen molar-refractivity contribution in [2.24, 2.45) is 0 Å². The van der Waals surface area contributed by atoms with Crippen molar-refractivity contribution >= 4 is 23.2 Å². The summed E-state index contributed by atoms with van der Waals surface area (Å²) in [6, 6.07) is 9.92. The number of aromatic nitrogens is 2. The van der Waals surface area contributed by atoms with Crippen LogP contribution in [0.15, 0.2) is 30.3 Å². The number of anilines is 2. The normalized spacial score (nSPS) is 10.7. The summed E-state index contributed by atoms with van der Waals surface area (Å²) in [5.41, 5.74) is 3.01. The van der Waals surface area contributed by atoms with Crippen molar-refractivity contribution in [1.82, 2.24) is 9.97 Å². The van der Waals surface area contributed by atoms with E-state index >= 15 is 0 Å². The fourth-order valence-electron chi connectivity index (χ4n) is 1.89. The van der Waals surface area contributed by atoms with Crippen LogP contribution in [0, 0.1) is 6.92 Å². The van der Waals surface area contributed by atoms with Gasteiger partial charge in [0.2, 0.25) is 11.8 Å². The van der Waals surface area contributed by atoms with Gasteiger partial charge in [-0.15, -0.1) is 11.6 Å². The van der Waals surface area contributed by atoms with Gasteiger partial charge in [0.25, 0.3) is 0 Å². The Labute approximate surface area is 130 Å². The third-order valence-corrected chi connectivity index (χ3v) is 2.97. The van der Waals surface area contributed by atoms with Crippen LogP contribution in [0.5, 0.6) is 5.88 Å². The maximum absolute atomic E-state index is 5.73. The Balaban J connectivity index is 2.12. The molecule has 0 aliphatic carbocycles. The van der Waals surface area contributed by atoms with Gasteiger partial charge in [0.1, 0.15) is 0 Å². The first kappa shape index (κ1) is 15.6. The Hall–Kier alpha value is -1.81. The summed E-state index contributed by atoms with van der Waals surface area (Å²) in [7, 11) is 0. The quantitative estimate of drug-likeness (QED) is 0.816. The summed E-state index contributed by atoms with van der Waals surface area (Å²) in [5.74, 6) is 1.75. The Bertz CT molecular complexity index is 585. The number of hydrogen-bond donors (Lipinski definition) is 1. The summed E-state index contributed by atoms with van der Waals surface area (Å²) in [5, 5.41) is 3.19. The Morgan fingerprint density at radius 3 is 2.52 bits per heavy atom. The lowest BCUT2D eigenvalue weighted by Gasteiger charge is -2.11. The molecule has 1 aromatic heterocycles. The summed E-state index contributed by atoms with van der Waals surface area (Å²) in [6.45, 7) is 5.86. The molecular weight excluding hydrogens is 286 g/mol. The summed E-state index contributed by atoms with van der Waals surface area (Å²) >= 11 is 5.73. The maximum Gasteiger partial charge on any atom is 0.230 e. The molecule has 0 fully saturated rings. The van der Waals surface area contributed by atoms with E-state index in [1.807, 2.05) is 51.1 Å². The molecule has 5 heteroatoms. The van der Waals surface area contributed by atoms with E-state index in [4.69, 9.17) is 16.3 Å². The third kappa shape index (κ3) is 4.90. The number of nitrogens with zero attached hydrogens (tertiary/aromatic N) is 2. The number of rotatable bonds is 6. The minimum atomic E-state index is 0.0852. The van der Waals surface area contributed by atoms with Crippen molar-refractivity contribution in [1.29, 1.82) is 0 Å². The molecule has 2 aromatic rings. The first-order valence-electron chi connectivity index (χ1n) is 7.01. The number of aryl methyl sites for hydroxylation is 2. The lowest BCUT2D eigenvalue weighted by molar-refractivity contribution is 0.232. The molecule has 0 saturated heterocycles. The van der Waals surface area contributed by atoms with Gasteiger partial charge in [-0.3, -0.25) is 0 Å². The highest BCUT2D eigenvalue weighted by atomic mass is 35.5. The van der Waals surface area contributed by atoms with Gasteiger partial charge in [-0.2, -0.15) is 4.98 Å². The van der Waals surface area contributed by atoms with Gasteiger partial charge in [-0.1, -0.05) is 12.1 Å². The van der Waals surface area contributed by atoms with Gasteiger partial charge in [-0.05, 0) is 44.9 Å². The van der Waals surface area contributed by atoms with E-state index < -0.39 is 0 Å². The van der Waals surface area contributed by atoms with Crippen LogP contribution in [0.1, 0.15) is 25.1 Å². The number of ether oxygens (including phenoxy) is 1. The second kappa shape index (κ2) is 7.27. The van der Waals surface area contributed by atoms with Crippen LogP contribution in [0.2, 0.25) is 0 Å². The minimum absolute atomic E-state index is 0.0852. The van der Waals surface area contributed by atoms with Crippen LogP contribution in [0.25, 0.3) is 0 Å². The van der Waals surface area contributed by atoms with Gasteiger partial charge in [0, 0.05) is 23.3 Å². The van der Waals surface area contributed by atoms with Gasteiger partial charge >= 0.3 is 0 Å². The van der Waals surface area contributed by atoms with Crippen molar-refractivity contribution in [2.75, 3.05) is 11.2 Å². The zero-order valence-corrected chi connectivity index (χ0v) is 13.3. The second-order valence-electron chi connectivity index (χ2n) is 5.10. The molecule has 1 aromatic carbocycles. The molecular formula is C16H20ClN3O. The van der Waals surface area contributed by atoms with E-state index in [0.29, 0.717) is 17.7 Å². The molecule has 0 bridgehead atoms. The van der Waals surface area contributed by atoms with Crippen molar-refractivity contribution < 1.29 is 4.74 Å². The van der Waals surface area contributed by atoms with Crippen LogP contribution in [-0.4, -0.2) is 22.0 Å². The minimum Gasteiger partial charge on any atom is -0.475 e. The highest BCUT2D eigenvalue weighted by Crippen LogP contribution is 2.18. The molecule has 0 aliphatic rings. The lowest BCUT2D eigenvalue weighted by Crippen LogP contribution is -2.09. The predicted molar refractivity (Wildman–Crippen MR) is 86.7 cm³/mol. The molecule has 2 rings (SSSR count). The monoisotopic (exact) mass is 305 g/mol. The molecule has 0 amide bonds. The highest BCUT2D eigenvalue weighted by Gasteiger charge is 2.05. The van der Waals surface area contributed by atoms with Crippen molar-refractivity contribution in [3.05, 3.63) is 41.6 Å². The van der Waals surface area contributed by atoms with E-state index in [9.17, 15) is 0 Å². The Morgan fingerprint density at radius 2 is 1.90 bits per heavy atom. The van der Waals surface area contributed by atoms with E-state index in [2.05, 4.69) is 15.3 Å². The van der Waals surface area contributed by atoms with Crippen molar-refractivity contribution in [3.8, 4) is 5.88 Å². The van der Waals surface area contributed by atoms with Crippen LogP contribution in [0.4, 0.5) is 11.6 Å².